The normalized spacial score (nSPS) is 14.9. The summed E-state index contributed by atoms with van der Waals surface area (Å²) in [5, 5.41) is 3.24. The highest BCUT2D eigenvalue weighted by atomic mass is 79.9. The zero-order valence-corrected chi connectivity index (χ0v) is 12.3. The maximum Gasteiger partial charge on any atom is 0.236 e. The fraction of sp³-hybridized carbons (Fsp3) is 0.583. The number of nitrogens with zero attached hydrogens (tertiary/aromatic N) is 1. The highest BCUT2D eigenvalue weighted by Crippen LogP contribution is 2.22. The fourth-order valence-corrected chi connectivity index (χ4v) is 3.01. The first-order valence-corrected chi connectivity index (χ1v) is 7.47. The molecular weight excluding hydrogens is 300 g/mol. The second kappa shape index (κ2) is 5.98. The minimum atomic E-state index is 0.188. The Morgan fingerprint density at radius 3 is 2.94 bits per heavy atom. The predicted octanol–water partition coefficient (Wildman–Crippen LogP) is 2.26. The summed E-state index contributed by atoms with van der Waals surface area (Å²) in [5.41, 5.74) is 0. The summed E-state index contributed by atoms with van der Waals surface area (Å²) in [6, 6.07) is 4.76. The second-order valence-corrected chi connectivity index (χ2v) is 6.97. The molecule has 1 aliphatic carbocycles. The van der Waals surface area contributed by atoms with Crippen LogP contribution in [-0.2, 0) is 11.2 Å². The number of rotatable bonds is 6. The molecular formula is C12H17BrN2OS. The van der Waals surface area contributed by atoms with Crippen LogP contribution >= 0.6 is 27.3 Å². The van der Waals surface area contributed by atoms with Gasteiger partial charge in [-0.1, -0.05) is 0 Å². The molecule has 5 heteroatoms. The Hall–Kier alpha value is -0.390. The van der Waals surface area contributed by atoms with E-state index in [0.29, 0.717) is 12.6 Å². The van der Waals surface area contributed by atoms with E-state index in [2.05, 4.69) is 33.4 Å². The third-order valence-electron chi connectivity index (χ3n) is 2.87. The Bertz CT molecular complexity index is 390. The van der Waals surface area contributed by atoms with Gasteiger partial charge in [0.05, 0.1) is 10.3 Å². The van der Waals surface area contributed by atoms with Crippen molar-refractivity contribution >= 4 is 33.2 Å². The van der Waals surface area contributed by atoms with Crippen LogP contribution in [0.4, 0.5) is 0 Å². The summed E-state index contributed by atoms with van der Waals surface area (Å²) in [6.45, 7) is 1.27. The van der Waals surface area contributed by atoms with Crippen molar-refractivity contribution in [3.8, 4) is 0 Å². The molecule has 2 rings (SSSR count). The molecule has 1 fully saturated rings. The monoisotopic (exact) mass is 316 g/mol. The number of amides is 1. The van der Waals surface area contributed by atoms with Gasteiger partial charge in [-0.05, 0) is 47.3 Å². The molecule has 1 aromatic rings. The number of nitrogens with one attached hydrogen (secondary N) is 1. The Labute approximate surface area is 114 Å². The lowest BCUT2D eigenvalue weighted by Crippen LogP contribution is -2.37. The van der Waals surface area contributed by atoms with Gasteiger partial charge in [0.25, 0.3) is 0 Å². The summed E-state index contributed by atoms with van der Waals surface area (Å²) >= 11 is 5.18. The largest absolute Gasteiger partial charge is 0.344 e. The minimum absolute atomic E-state index is 0.188. The molecule has 0 spiro atoms. The van der Waals surface area contributed by atoms with Gasteiger partial charge in [0.1, 0.15) is 0 Å². The second-order valence-electron chi connectivity index (χ2n) is 4.43. The van der Waals surface area contributed by atoms with Gasteiger partial charge in [0, 0.05) is 24.5 Å². The van der Waals surface area contributed by atoms with Gasteiger partial charge in [-0.3, -0.25) is 4.79 Å². The highest BCUT2D eigenvalue weighted by molar-refractivity contribution is 9.11. The van der Waals surface area contributed by atoms with Crippen LogP contribution < -0.4 is 5.32 Å². The predicted molar refractivity (Wildman–Crippen MR) is 74.4 cm³/mol. The van der Waals surface area contributed by atoms with Crippen LogP contribution in [0.5, 0.6) is 0 Å². The summed E-state index contributed by atoms with van der Waals surface area (Å²) in [7, 11) is 1.87. The molecule has 0 bridgehead atoms. The number of thiophene rings is 1. The molecule has 0 radical (unpaired) electrons. The molecule has 1 aromatic heterocycles. The molecule has 1 amide bonds. The van der Waals surface area contributed by atoms with Gasteiger partial charge in [0.15, 0.2) is 0 Å². The molecule has 3 nitrogen and oxygen atoms in total. The summed E-state index contributed by atoms with van der Waals surface area (Å²) in [5.74, 6) is 0.188. The quantitative estimate of drug-likeness (QED) is 0.873. The summed E-state index contributed by atoms with van der Waals surface area (Å²) in [6.07, 6.45) is 3.38. The van der Waals surface area contributed by atoms with E-state index in [-0.39, 0.29) is 5.91 Å². The number of halogens is 1. The van der Waals surface area contributed by atoms with Crippen LogP contribution in [-0.4, -0.2) is 37.0 Å². The topological polar surface area (TPSA) is 32.3 Å². The molecule has 1 saturated carbocycles. The van der Waals surface area contributed by atoms with Crippen molar-refractivity contribution in [2.24, 2.45) is 0 Å². The van der Waals surface area contributed by atoms with Crippen molar-refractivity contribution < 1.29 is 4.79 Å². The highest BCUT2D eigenvalue weighted by Gasteiger charge is 2.21. The van der Waals surface area contributed by atoms with E-state index >= 15 is 0 Å². The molecule has 0 aliphatic heterocycles. The standard InChI is InChI=1S/C12H17BrN2OS/c1-15(12(16)8-14-9-2-3-9)7-6-10-4-5-11(13)17-10/h4-5,9,14H,2-3,6-8H2,1H3. The Morgan fingerprint density at radius 1 is 1.59 bits per heavy atom. The average molecular weight is 317 g/mol. The van der Waals surface area contributed by atoms with Crippen molar-refractivity contribution in [2.45, 2.75) is 25.3 Å². The van der Waals surface area contributed by atoms with Crippen LogP contribution in [0.3, 0.4) is 0 Å². The van der Waals surface area contributed by atoms with Crippen molar-refractivity contribution in [2.75, 3.05) is 20.1 Å². The van der Waals surface area contributed by atoms with E-state index in [0.717, 1.165) is 16.8 Å². The molecule has 0 unspecified atom stereocenters. The molecule has 17 heavy (non-hydrogen) atoms. The zero-order valence-electron chi connectivity index (χ0n) is 9.91. The minimum Gasteiger partial charge on any atom is -0.344 e. The maximum absolute atomic E-state index is 11.8. The van der Waals surface area contributed by atoms with Crippen LogP contribution in [0.1, 0.15) is 17.7 Å². The summed E-state index contributed by atoms with van der Waals surface area (Å²) < 4.78 is 1.15. The molecule has 1 heterocycles. The third-order valence-corrected chi connectivity index (χ3v) is 4.55. The first-order valence-electron chi connectivity index (χ1n) is 5.86. The maximum atomic E-state index is 11.8. The van der Waals surface area contributed by atoms with E-state index in [1.54, 1.807) is 11.3 Å². The van der Waals surface area contributed by atoms with Crippen molar-refractivity contribution in [1.29, 1.82) is 0 Å². The molecule has 1 aliphatic rings. The van der Waals surface area contributed by atoms with E-state index in [4.69, 9.17) is 0 Å². The Morgan fingerprint density at radius 2 is 2.35 bits per heavy atom. The molecule has 1 N–H and O–H groups in total. The van der Waals surface area contributed by atoms with Gasteiger partial charge in [-0.25, -0.2) is 0 Å². The van der Waals surface area contributed by atoms with Crippen molar-refractivity contribution in [3.63, 3.8) is 0 Å². The first kappa shape index (κ1) is 13.1. The number of likely N-dealkylation sites (N-methyl/N-ethyl adjacent to an activating group) is 1. The zero-order chi connectivity index (χ0) is 12.3. The Kier molecular flexibility index (Phi) is 4.59. The number of hydrogen-bond acceptors (Lipinski definition) is 3. The van der Waals surface area contributed by atoms with Gasteiger partial charge in [-0.15, -0.1) is 11.3 Å². The van der Waals surface area contributed by atoms with E-state index < -0.39 is 0 Å². The third kappa shape index (κ3) is 4.41. The van der Waals surface area contributed by atoms with Crippen LogP contribution in [0, 0.1) is 0 Å². The van der Waals surface area contributed by atoms with E-state index in [9.17, 15) is 4.79 Å². The van der Waals surface area contributed by atoms with Crippen molar-refractivity contribution in [1.82, 2.24) is 10.2 Å². The molecule has 0 atom stereocenters. The molecule has 0 aromatic carbocycles. The Balaban J connectivity index is 1.68. The SMILES string of the molecule is CN(CCc1ccc(Br)s1)C(=O)CNC1CC1. The van der Waals surface area contributed by atoms with Crippen LogP contribution in [0.25, 0.3) is 0 Å². The van der Waals surface area contributed by atoms with Gasteiger partial charge in [0.2, 0.25) is 5.91 Å². The van der Waals surface area contributed by atoms with Crippen LogP contribution in [0.2, 0.25) is 0 Å². The first-order chi connectivity index (χ1) is 8.15. The fourth-order valence-electron chi connectivity index (χ4n) is 1.54. The van der Waals surface area contributed by atoms with E-state index in [1.165, 1.54) is 17.7 Å². The van der Waals surface area contributed by atoms with Gasteiger partial charge >= 0.3 is 0 Å². The lowest BCUT2D eigenvalue weighted by Gasteiger charge is -2.16. The number of hydrogen-bond donors (Lipinski definition) is 1. The lowest BCUT2D eigenvalue weighted by atomic mass is 10.3. The average Bonchev–Trinajstić information content (AvgIpc) is 3.05. The van der Waals surface area contributed by atoms with Crippen LogP contribution in [0.15, 0.2) is 15.9 Å². The summed E-state index contributed by atoms with van der Waals surface area (Å²) in [4.78, 5) is 14.9. The number of carbonyl (C=O) groups excluding carboxylic acids is 1. The lowest BCUT2D eigenvalue weighted by molar-refractivity contribution is -0.128. The molecule has 0 saturated heterocycles. The molecule has 94 valence electrons. The van der Waals surface area contributed by atoms with Crippen molar-refractivity contribution in [3.05, 3.63) is 20.8 Å². The number of carbonyl (C=O) groups is 1. The smallest absolute Gasteiger partial charge is 0.236 e. The van der Waals surface area contributed by atoms with Gasteiger partial charge in [-0.2, -0.15) is 0 Å². The van der Waals surface area contributed by atoms with Gasteiger partial charge < -0.3 is 10.2 Å². The van der Waals surface area contributed by atoms with E-state index in [1.807, 2.05) is 11.9 Å².